The second-order valence-corrected chi connectivity index (χ2v) is 10.1. The van der Waals surface area contributed by atoms with Gasteiger partial charge in [0.05, 0.1) is 10.6 Å². The number of halogens is 1. The highest BCUT2D eigenvalue weighted by atomic mass is 35.5. The summed E-state index contributed by atoms with van der Waals surface area (Å²) in [5.41, 5.74) is 2.65. The van der Waals surface area contributed by atoms with Crippen LogP contribution in [-0.4, -0.2) is 20.9 Å². The van der Waals surface area contributed by atoms with Crippen LogP contribution in [0.2, 0.25) is 5.02 Å². The fourth-order valence-corrected chi connectivity index (χ4v) is 5.47. The number of hydrogen-bond acceptors (Lipinski definition) is 3. The van der Waals surface area contributed by atoms with Crippen LogP contribution in [0.15, 0.2) is 89.8 Å². The molecule has 1 N–H and O–H groups in total. The molecule has 7 heteroatoms. The summed E-state index contributed by atoms with van der Waals surface area (Å²) in [4.78, 5) is 15.0. The van der Waals surface area contributed by atoms with Crippen molar-refractivity contribution in [2.75, 3.05) is 16.2 Å². The standard InChI is InChI=1S/C26H21ClN2O3S/c27-21-12-10-19(11-13-21)26(30)29-16-4-7-20-17-22(14-15-25(20)29)33(31,32)28-24-9-3-6-18-5-1-2-8-23(18)24/h1-3,5-6,8-15,17,28H,4,7,16H2. The average Bonchev–Trinajstić information content (AvgIpc) is 2.83. The molecule has 0 spiro atoms. The van der Waals surface area contributed by atoms with Crippen molar-refractivity contribution in [1.29, 1.82) is 0 Å². The van der Waals surface area contributed by atoms with Crippen LogP contribution in [0.1, 0.15) is 22.3 Å². The summed E-state index contributed by atoms with van der Waals surface area (Å²) in [6.07, 6.45) is 1.46. The van der Waals surface area contributed by atoms with Crippen LogP contribution in [0, 0.1) is 0 Å². The number of hydrogen-bond donors (Lipinski definition) is 1. The summed E-state index contributed by atoms with van der Waals surface area (Å²) < 4.78 is 29.1. The van der Waals surface area contributed by atoms with Crippen LogP contribution in [0.3, 0.4) is 0 Å². The Bertz CT molecular complexity index is 1460. The fraction of sp³-hybridized carbons (Fsp3) is 0.115. The van der Waals surface area contributed by atoms with E-state index in [9.17, 15) is 13.2 Å². The number of rotatable bonds is 4. The summed E-state index contributed by atoms with van der Waals surface area (Å²) >= 11 is 5.95. The van der Waals surface area contributed by atoms with E-state index in [1.54, 1.807) is 53.4 Å². The molecule has 0 saturated heterocycles. The van der Waals surface area contributed by atoms with Gasteiger partial charge in [0.25, 0.3) is 15.9 Å². The third-order valence-corrected chi connectivity index (χ3v) is 7.47. The zero-order valence-electron chi connectivity index (χ0n) is 17.7. The van der Waals surface area contributed by atoms with Crippen molar-refractivity contribution in [1.82, 2.24) is 0 Å². The first kappa shape index (κ1) is 21.5. The fourth-order valence-electron chi connectivity index (χ4n) is 4.22. The Morgan fingerprint density at radius 3 is 2.48 bits per heavy atom. The molecule has 0 bridgehead atoms. The summed E-state index contributed by atoms with van der Waals surface area (Å²) in [6.45, 7) is 0.578. The van der Waals surface area contributed by atoms with Crippen molar-refractivity contribution in [2.45, 2.75) is 17.7 Å². The first-order valence-electron chi connectivity index (χ1n) is 10.6. The van der Waals surface area contributed by atoms with Gasteiger partial charge in [-0.1, -0.05) is 48.0 Å². The second-order valence-electron chi connectivity index (χ2n) is 7.99. The van der Waals surface area contributed by atoms with Crippen molar-refractivity contribution in [3.8, 4) is 0 Å². The molecule has 4 aromatic rings. The lowest BCUT2D eigenvalue weighted by atomic mass is 10.0. The molecule has 1 amide bonds. The number of amides is 1. The van der Waals surface area contributed by atoms with Crippen molar-refractivity contribution in [2.24, 2.45) is 0 Å². The Morgan fingerprint density at radius 2 is 1.67 bits per heavy atom. The van der Waals surface area contributed by atoms with Gasteiger partial charge < -0.3 is 4.90 Å². The molecular formula is C26H21ClN2O3S. The molecule has 0 atom stereocenters. The lowest BCUT2D eigenvalue weighted by Gasteiger charge is -2.30. The smallest absolute Gasteiger partial charge is 0.261 e. The minimum atomic E-state index is -3.80. The monoisotopic (exact) mass is 476 g/mol. The number of carbonyl (C=O) groups excluding carboxylic acids is 1. The zero-order valence-corrected chi connectivity index (χ0v) is 19.2. The molecule has 0 saturated carbocycles. The topological polar surface area (TPSA) is 66.5 Å². The molecule has 1 aliphatic heterocycles. The van der Waals surface area contributed by atoms with Crippen LogP contribution in [-0.2, 0) is 16.4 Å². The van der Waals surface area contributed by atoms with Gasteiger partial charge in [-0.3, -0.25) is 9.52 Å². The average molecular weight is 477 g/mol. The maximum atomic E-state index is 13.2. The molecule has 1 heterocycles. The highest BCUT2D eigenvalue weighted by Gasteiger charge is 2.26. The summed E-state index contributed by atoms with van der Waals surface area (Å²) in [6, 6.07) is 24.9. The van der Waals surface area contributed by atoms with Gasteiger partial charge in [0.15, 0.2) is 0 Å². The first-order valence-corrected chi connectivity index (χ1v) is 12.5. The number of anilines is 2. The van der Waals surface area contributed by atoms with E-state index in [0.29, 0.717) is 29.2 Å². The predicted octanol–water partition coefficient (Wildman–Crippen LogP) is 5.89. The minimum absolute atomic E-state index is 0.128. The third kappa shape index (κ3) is 4.19. The lowest BCUT2D eigenvalue weighted by Crippen LogP contribution is -2.35. The summed E-state index contributed by atoms with van der Waals surface area (Å²) in [5.74, 6) is -0.128. The van der Waals surface area contributed by atoms with E-state index < -0.39 is 10.0 Å². The minimum Gasteiger partial charge on any atom is -0.308 e. The first-order chi connectivity index (χ1) is 15.9. The molecule has 1 aliphatic rings. The van der Waals surface area contributed by atoms with E-state index in [1.807, 2.05) is 36.4 Å². The number of benzene rings is 4. The van der Waals surface area contributed by atoms with Gasteiger partial charge in [0.1, 0.15) is 0 Å². The Balaban J connectivity index is 1.46. The van der Waals surface area contributed by atoms with Crippen LogP contribution < -0.4 is 9.62 Å². The van der Waals surface area contributed by atoms with Crippen molar-refractivity contribution in [3.05, 3.63) is 101 Å². The molecule has 4 aromatic carbocycles. The van der Waals surface area contributed by atoms with Crippen molar-refractivity contribution < 1.29 is 13.2 Å². The number of aryl methyl sites for hydroxylation is 1. The van der Waals surface area contributed by atoms with Crippen LogP contribution in [0.5, 0.6) is 0 Å². The molecule has 0 fully saturated rings. The van der Waals surface area contributed by atoms with E-state index >= 15 is 0 Å². The third-order valence-electron chi connectivity index (χ3n) is 5.85. The van der Waals surface area contributed by atoms with Gasteiger partial charge >= 0.3 is 0 Å². The number of nitrogens with zero attached hydrogens (tertiary/aromatic N) is 1. The van der Waals surface area contributed by atoms with Gasteiger partial charge in [-0.15, -0.1) is 0 Å². The second kappa shape index (κ2) is 8.54. The van der Waals surface area contributed by atoms with Crippen LogP contribution in [0.4, 0.5) is 11.4 Å². The zero-order chi connectivity index (χ0) is 23.0. The van der Waals surface area contributed by atoms with E-state index in [4.69, 9.17) is 11.6 Å². The Hall–Kier alpha value is -3.35. The number of carbonyl (C=O) groups is 1. The normalized spacial score (nSPS) is 13.5. The highest BCUT2D eigenvalue weighted by molar-refractivity contribution is 7.92. The Morgan fingerprint density at radius 1 is 0.909 bits per heavy atom. The molecule has 33 heavy (non-hydrogen) atoms. The molecule has 5 rings (SSSR count). The van der Waals surface area contributed by atoms with Crippen LogP contribution in [0.25, 0.3) is 10.8 Å². The lowest BCUT2D eigenvalue weighted by molar-refractivity contribution is 0.0985. The molecule has 0 aliphatic carbocycles. The van der Waals surface area contributed by atoms with E-state index in [1.165, 1.54) is 0 Å². The molecule has 0 unspecified atom stereocenters. The SMILES string of the molecule is O=C(c1ccc(Cl)cc1)N1CCCc2cc(S(=O)(=O)Nc3cccc4ccccc34)ccc21. The maximum Gasteiger partial charge on any atom is 0.261 e. The Kier molecular flexibility index (Phi) is 5.56. The largest absolute Gasteiger partial charge is 0.308 e. The van der Waals surface area contributed by atoms with Crippen molar-refractivity contribution in [3.63, 3.8) is 0 Å². The van der Waals surface area contributed by atoms with Gasteiger partial charge in [-0.05, 0) is 72.3 Å². The predicted molar refractivity (Wildman–Crippen MR) is 133 cm³/mol. The summed E-state index contributed by atoms with van der Waals surface area (Å²) in [7, 11) is -3.80. The molecule has 0 radical (unpaired) electrons. The van der Waals surface area contributed by atoms with E-state index in [2.05, 4.69) is 4.72 Å². The number of nitrogens with one attached hydrogen (secondary N) is 1. The quantitative estimate of drug-likeness (QED) is 0.399. The Labute approximate surface area is 197 Å². The number of sulfonamides is 1. The van der Waals surface area contributed by atoms with Crippen LogP contribution >= 0.6 is 11.6 Å². The van der Waals surface area contributed by atoms with Gasteiger partial charge in [0.2, 0.25) is 0 Å². The van der Waals surface area contributed by atoms with E-state index in [0.717, 1.165) is 28.4 Å². The highest BCUT2D eigenvalue weighted by Crippen LogP contribution is 2.32. The molecule has 166 valence electrons. The molecule has 0 aromatic heterocycles. The van der Waals surface area contributed by atoms with Crippen molar-refractivity contribution >= 4 is 49.7 Å². The molecular weight excluding hydrogens is 456 g/mol. The van der Waals surface area contributed by atoms with Gasteiger partial charge in [0, 0.05) is 28.2 Å². The van der Waals surface area contributed by atoms with E-state index in [-0.39, 0.29) is 10.8 Å². The van der Waals surface area contributed by atoms with Gasteiger partial charge in [-0.25, -0.2) is 8.42 Å². The number of fused-ring (bicyclic) bond motifs is 2. The summed E-state index contributed by atoms with van der Waals surface area (Å²) in [5, 5.41) is 2.36. The van der Waals surface area contributed by atoms with Gasteiger partial charge in [-0.2, -0.15) is 0 Å². The molecule has 5 nitrogen and oxygen atoms in total. The maximum absolute atomic E-state index is 13.2.